The summed E-state index contributed by atoms with van der Waals surface area (Å²) in [5.74, 6) is -1.16. The molecule has 0 saturated carbocycles. The van der Waals surface area contributed by atoms with Crippen LogP contribution in [0.15, 0.2) is 0 Å². The number of aliphatic carboxylic acids is 1. The van der Waals surface area contributed by atoms with Crippen LogP contribution in [0.3, 0.4) is 0 Å². The molecule has 0 fully saturated rings. The van der Waals surface area contributed by atoms with Crippen molar-refractivity contribution >= 4 is 13.6 Å². The van der Waals surface area contributed by atoms with Crippen LogP contribution in [-0.4, -0.2) is 26.0 Å². The fourth-order valence-electron chi connectivity index (χ4n) is 1.59. The highest BCUT2D eigenvalue weighted by atomic mass is 31.2. The van der Waals surface area contributed by atoms with Crippen LogP contribution in [0, 0.1) is 0 Å². The van der Waals surface area contributed by atoms with E-state index in [1.165, 1.54) is 0 Å². The van der Waals surface area contributed by atoms with Gasteiger partial charge in [-0.3, -0.25) is 9.36 Å². The lowest BCUT2D eigenvalue weighted by molar-refractivity contribution is -0.138. The van der Waals surface area contributed by atoms with Crippen molar-refractivity contribution < 1.29 is 24.3 Å². The van der Waals surface area contributed by atoms with Gasteiger partial charge in [-0.15, -0.1) is 0 Å². The third kappa shape index (κ3) is 3.08. The monoisotopic (exact) mass is 224 g/mol. The van der Waals surface area contributed by atoms with E-state index in [0.29, 0.717) is 6.42 Å². The Kier molecular flexibility index (Phi) is 4.78. The normalized spacial score (nSPS) is 16.3. The van der Waals surface area contributed by atoms with E-state index in [4.69, 9.17) is 14.9 Å². The molecular weight excluding hydrogens is 207 g/mol. The summed E-state index contributed by atoms with van der Waals surface area (Å²) in [6.45, 7) is 3.39. The average molecular weight is 224 g/mol. The number of carboxylic acids is 1. The maximum atomic E-state index is 11.2. The second-order valence-electron chi connectivity index (χ2n) is 3.44. The molecular formula is C8H17O5P. The van der Waals surface area contributed by atoms with Crippen LogP contribution < -0.4 is 0 Å². The zero-order valence-electron chi connectivity index (χ0n) is 8.43. The molecule has 84 valence electrons. The van der Waals surface area contributed by atoms with Crippen molar-refractivity contribution in [3.8, 4) is 0 Å². The average Bonchev–Trinajstić information content (AvgIpc) is 2.00. The summed E-state index contributed by atoms with van der Waals surface area (Å²) in [6, 6.07) is 0. The van der Waals surface area contributed by atoms with Crippen LogP contribution in [0.25, 0.3) is 0 Å². The van der Waals surface area contributed by atoms with Gasteiger partial charge in [0.25, 0.3) is 0 Å². The highest BCUT2D eigenvalue weighted by Crippen LogP contribution is 2.56. The minimum Gasteiger partial charge on any atom is -0.481 e. The molecule has 0 heterocycles. The Hall–Kier alpha value is -0.380. The first-order chi connectivity index (χ1) is 6.29. The van der Waals surface area contributed by atoms with Gasteiger partial charge in [-0.1, -0.05) is 20.3 Å². The van der Waals surface area contributed by atoms with Crippen molar-refractivity contribution in [2.75, 3.05) is 0 Å². The third-order valence-electron chi connectivity index (χ3n) is 2.47. The molecule has 1 unspecified atom stereocenters. The van der Waals surface area contributed by atoms with Crippen LogP contribution in [0.5, 0.6) is 0 Å². The minimum atomic E-state index is -4.36. The molecule has 0 aromatic rings. The minimum absolute atomic E-state index is 0.178. The van der Waals surface area contributed by atoms with E-state index in [2.05, 4.69) is 0 Å². The highest BCUT2D eigenvalue weighted by Gasteiger charge is 2.46. The molecule has 5 nitrogen and oxygen atoms in total. The molecule has 3 N–H and O–H groups in total. The summed E-state index contributed by atoms with van der Waals surface area (Å²) in [6.07, 6.45) is 0.505. The Labute approximate surface area is 83.3 Å². The number of hydrogen-bond donors (Lipinski definition) is 3. The smallest absolute Gasteiger partial charge is 0.332 e. The van der Waals surface area contributed by atoms with Crippen molar-refractivity contribution in [3.05, 3.63) is 0 Å². The van der Waals surface area contributed by atoms with Crippen molar-refractivity contribution in [2.24, 2.45) is 0 Å². The van der Waals surface area contributed by atoms with E-state index in [0.717, 1.165) is 0 Å². The van der Waals surface area contributed by atoms with Gasteiger partial charge in [0.1, 0.15) is 0 Å². The summed E-state index contributed by atoms with van der Waals surface area (Å²) in [5.41, 5.74) is 0. The third-order valence-corrected chi connectivity index (χ3v) is 4.41. The van der Waals surface area contributed by atoms with Gasteiger partial charge in [-0.2, -0.15) is 0 Å². The predicted octanol–water partition coefficient (Wildman–Crippen LogP) is 1.59. The van der Waals surface area contributed by atoms with Crippen LogP contribution in [0.4, 0.5) is 0 Å². The van der Waals surface area contributed by atoms with E-state index in [9.17, 15) is 9.36 Å². The fourth-order valence-corrected chi connectivity index (χ4v) is 2.86. The first-order valence-electron chi connectivity index (χ1n) is 4.56. The Morgan fingerprint density at radius 2 is 1.86 bits per heavy atom. The molecule has 0 aliphatic heterocycles. The topological polar surface area (TPSA) is 94.8 Å². The number of carboxylic acid groups (broad SMARTS) is 1. The van der Waals surface area contributed by atoms with Crippen LogP contribution in [0.1, 0.15) is 39.5 Å². The standard InChI is InChI=1S/C8H17O5P/c1-3-5-8(4-2,6-7(9)10)14(11,12)13/h3-6H2,1-2H3,(H,9,10)(H2,11,12,13). The molecule has 0 spiro atoms. The highest BCUT2D eigenvalue weighted by molar-refractivity contribution is 7.53. The molecule has 1 atom stereocenters. The lowest BCUT2D eigenvalue weighted by Crippen LogP contribution is -2.31. The van der Waals surface area contributed by atoms with Gasteiger partial charge in [0, 0.05) is 0 Å². The van der Waals surface area contributed by atoms with Crippen molar-refractivity contribution in [1.82, 2.24) is 0 Å². The van der Waals surface area contributed by atoms with Crippen molar-refractivity contribution in [1.29, 1.82) is 0 Å². The van der Waals surface area contributed by atoms with Gasteiger partial charge >= 0.3 is 13.6 Å². The summed E-state index contributed by atoms with van der Waals surface area (Å²) in [7, 11) is -4.36. The maximum absolute atomic E-state index is 11.2. The molecule has 0 rings (SSSR count). The summed E-state index contributed by atoms with van der Waals surface area (Å²) >= 11 is 0. The molecule has 0 aromatic carbocycles. The molecule has 14 heavy (non-hydrogen) atoms. The van der Waals surface area contributed by atoms with Crippen LogP contribution in [0.2, 0.25) is 0 Å². The number of hydrogen-bond acceptors (Lipinski definition) is 2. The molecule has 6 heteroatoms. The maximum Gasteiger partial charge on any atom is 0.332 e. The quantitative estimate of drug-likeness (QED) is 0.595. The van der Waals surface area contributed by atoms with Gasteiger partial charge in [-0.25, -0.2) is 0 Å². The van der Waals surface area contributed by atoms with E-state index >= 15 is 0 Å². The van der Waals surface area contributed by atoms with E-state index in [1.54, 1.807) is 13.8 Å². The Bertz CT molecular complexity index is 246. The second-order valence-corrected chi connectivity index (χ2v) is 5.48. The summed E-state index contributed by atoms with van der Waals surface area (Å²) < 4.78 is 11.2. The summed E-state index contributed by atoms with van der Waals surface area (Å²) in [5, 5.41) is 7.25. The lowest BCUT2D eigenvalue weighted by atomic mass is 9.96. The fraction of sp³-hybridized carbons (Fsp3) is 0.875. The second kappa shape index (κ2) is 4.91. The molecule has 0 aromatic heterocycles. The molecule has 0 radical (unpaired) electrons. The Balaban J connectivity index is 4.98. The molecule has 0 aliphatic carbocycles. The molecule has 0 bridgehead atoms. The molecule has 0 amide bonds. The Morgan fingerprint density at radius 3 is 2.07 bits per heavy atom. The van der Waals surface area contributed by atoms with Crippen LogP contribution in [-0.2, 0) is 9.36 Å². The lowest BCUT2D eigenvalue weighted by Gasteiger charge is -2.31. The SMILES string of the molecule is CCCC(CC)(CC(=O)O)P(=O)(O)O. The largest absolute Gasteiger partial charge is 0.481 e. The van der Waals surface area contributed by atoms with Crippen molar-refractivity contribution in [3.63, 3.8) is 0 Å². The van der Waals surface area contributed by atoms with E-state index in [-0.39, 0.29) is 12.8 Å². The first kappa shape index (κ1) is 13.6. The van der Waals surface area contributed by atoms with Crippen LogP contribution >= 0.6 is 7.60 Å². The zero-order valence-corrected chi connectivity index (χ0v) is 9.33. The number of rotatable bonds is 6. The van der Waals surface area contributed by atoms with Gasteiger partial charge in [-0.05, 0) is 12.8 Å². The molecule has 0 saturated heterocycles. The predicted molar refractivity (Wildman–Crippen MR) is 52.2 cm³/mol. The summed E-state index contributed by atoms with van der Waals surface area (Å²) in [4.78, 5) is 28.9. The van der Waals surface area contributed by atoms with Gasteiger partial charge in [0.05, 0.1) is 11.6 Å². The Morgan fingerprint density at radius 1 is 1.36 bits per heavy atom. The number of carbonyl (C=O) groups is 1. The zero-order chi connectivity index (χ0) is 11.4. The van der Waals surface area contributed by atoms with E-state index in [1.807, 2.05) is 0 Å². The molecule has 0 aliphatic rings. The van der Waals surface area contributed by atoms with Gasteiger partial charge < -0.3 is 14.9 Å². The van der Waals surface area contributed by atoms with Crippen molar-refractivity contribution in [2.45, 2.75) is 44.7 Å². The van der Waals surface area contributed by atoms with E-state index < -0.39 is 25.1 Å². The first-order valence-corrected chi connectivity index (χ1v) is 6.17. The van der Waals surface area contributed by atoms with Gasteiger partial charge in [0.15, 0.2) is 0 Å². The van der Waals surface area contributed by atoms with Gasteiger partial charge in [0.2, 0.25) is 0 Å².